The van der Waals surface area contributed by atoms with Gasteiger partial charge in [-0.3, -0.25) is 4.79 Å². The standard InChI is InChI=1S/C12H20ClNO/c1-8(14-12(15)4-5-13)11-7-9-2-3-10(11)6-9/h8-11H,2-7H2,1H3,(H,14,15). The highest BCUT2D eigenvalue weighted by molar-refractivity contribution is 6.18. The average molecular weight is 230 g/mol. The van der Waals surface area contributed by atoms with E-state index >= 15 is 0 Å². The van der Waals surface area contributed by atoms with E-state index < -0.39 is 0 Å². The molecular formula is C12H20ClNO. The zero-order valence-corrected chi connectivity index (χ0v) is 10.1. The van der Waals surface area contributed by atoms with Crippen LogP contribution in [-0.4, -0.2) is 17.8 Å². The molecule has 1 amide bonds. The van der Waals surface area contributed by atoms with Crippen molar-refractivity contribution in [2.45, 2.75) is 45.1 Å². The van der Waals surface area contributed by atoms with Crippen LogP contribution in [0.2, 0.25) is 0 Å². The number of carbonyl (C=O) groups is 1. The fraction of sp³-hybridized carbons (Fsp3) is 0.917. The molecule has 86 valence electrons. The number of nitrogens with one attached hydrogen (secondary N) is 1. The first kappa shape index (κ1) is 11.3. The number of hydrogen-bond acceptors (Lipinski definition) is 1. The van der Waals surface area contributed by atoms with Gasteiger partial charge in [-0.25, -0.2) is 0 Å². The Balaban J connectivity index is 1.81. The molecule has 0 saturated heterocycles. The Morgan fingerprint density at radius 1 is 1.47 bits per heavy atom. The lowest BCUT2D eigenvalue weighted by Crippen LogP contribution is -2.40. The molecule has 2 nitrogen and oxygen atoms in total. The van der Waals surface area contributed by atoms with E-state index in [4.69, 9.17) is 11.6 Å². The van der Waals surface area contributed by atoms with Gasteiger partial charge in [-0.2, -0.15) is 0 Å². The number of hydrogen-bond donors (Lipinski definition) is 1. The SMILES string of the molecule is CC(NC(=O)CCCl)C1CC2CCC1C2. The molecular weight excluding hydrogens is 210 g/mol. The van der Waals surface area contributed by atoms with Crippen molar-refractivity contribution in [2.75, 3.05) is 5.88 Å². The Kier molecular flexibility index (Phi) is 3.55. The highest BCUT2D eigenvalue weighted by atomic mass is 35.5. The summed E-state index contributed by atoms with van der Waals surface area (Å²) in [6.45, 7) is 2.15. The topological polar surface area (TPSA) is 29.1 Å². The van der Waals surface area contributed by atoms with Crippen LogP contribution in [0, 0.1) is 17.8 Å². The molecule has 2 saturated carbocycles. The van der Waals surface area contributed by atoms with Gasteiger partial charge in [0.1, 0.15) is 0 Å². The summed E-state index contributed by atoms with van der Waals surface area (Å²) in [6, 6.07) is 0.344. The molecule has 4 unspecified atom stereocenters. The predicted octanol–water partition coefficient (Wildman–Crippen LogP) is 2.56. The van der Waals surface area contributed by atoms with Gasteiger partial charge in [0.25, 0.3) is 0 Å². The molecule has 0 radical (unpaired) electrons. The maximum Gasteiger partial charge on any atom is 0.221 e. The second kappa shape index (κ2) is 4.73. The van der Waals surface area contributed by atoms with E-state index in [1.54, 1.807) is 0 Å². The van der Waals surface area contributed by atoms with Gasteiger partial charge >= 0.3 is 0 Å². The fourth-order valence-electron chi connectivity index (χ4n) is 3.43. The molecule has 15 heavy (non-hydrogen) atoms. The van der Waals surface area contributed by atoms with Gasteiger partial charge in [0, 0.05) is 18.3 Å². The molecule has 3 heteroatoms. The largest absolute Gasteiger partial charge is 0.353 e. The monoisotopic (exact) mass is 229 g/mol. The fourth-order valence-corrected chi connectivity index (χ4v) is 3.60. The van der Waals surface area contributed by atoms with Crippen LogP contribution in [0.4, 0.5) is 0 Å². The number of halogens is 1. The maximum atomic E-state index is 11.4. The van der Waals surface area contributed by atoms with E-state index in [9.17, 15) is 4.79 Å². The van der Waals surface area contributed by atoms with Crippen LogP contribution in [0.3, 0.4) is 0 Å². The molecule has 2 bridgehead atoms. The second-order valence-electron chi connectivity index (χ2n) is 5.13. The molecule has 0 aromatic carbocycles. The molecule has 4 atom stereocenters. The number of carbonyl (C=O) groups excluding carboxylic acids is 1. The van der Waals surface area contributed by atoms with Crippen LogP contribution >= 0.6 is 11.6 Å². The zero-order chi connectivity index (χ0) is 10.8. The highest BCUT2D eigenvalue weighted by Crippen LogP contribution is 2.49. The smallest absolute Gasteiger partial charge is 0.221 e. The second-order valence-corrected chi connectivity index (χ2v) is 5.51. The minimum atomic E-state index is 0.111. The van der Waals surface area contributed by atoms with Gasteiger partial charge in [-0.05, 0) is 43.9 Å². The molecule has 0 aromatic heterocycles. The number of rotatable bonds is 4. The lowest BCUT2D eigenvalue weighted by Gasteiger charge is -2.28. The summed E-state index contributed by atoms with van der Waals surface area (Å²) >= 11 is 5.54. The van der Waals surface area contributed by atoms with Crippen molar-refractivity contribution in [3.8, 4) is 0 Å². The molecule has 0 aromatic rings. The van der Waals surface area contributed by atoms with Crippen LogP contribution in [0.5, 0.6) is 0 Å². The normalized spacial score (nSPS) is 35.5. The first-order valence-corrected chi connectivity index (χ1v) is 6.59. The summed E-state index contributed by atoms with van der Waals surface area (Å²) in [4.78, 5) is 11.4. The number of amides is 1. The quantitative estimate of drug-likeness (QED) is 0.738. The van der Waals surface area contributed by atoms with E-state index in [1.807, 2.05) is 0 Å². The van der Waals surface area contributed by atoms with E-state index in [0.29, 0.717) is 18.3 Å². The van der Waals surface area contributed by atoms with Gasteiger partial charge in [-0.15, -0.1) is 11.6 Å². The summed E-state index contributed by atoms with van der Waals surface area (Å²) in [7, 11) is 0. The summed E-state index contributed by atoms with van der Waals surface area (Å²) < 4.78 is 0. The lowest BCUT2D eigenvalue weighted by molar-refractivity contribution is -0.121. The molecule has 0 aliphatic heterocycles. The third-order valence-corrected chi connectivity index (χ3v) is 4.33. The summed E-state index contributed by atoms with van der Waals surface area (Å²) in [5, 5.41) is 3.08. The van der Waals surface area contributed by atoms with Crippen molar-refractivity contribution in [2.24, 2.45) is 17.8 Å². The van der Waals surface area contributed by atoms with E-state index in [-0.39, 0.29) is 5.91 Å². The average Bonchev–Trinajstić information content (AvgIpc) is 2.78. The Morgan fingerprint density at radius 3 is 2.80 bits per heavy atom. The van der Waals surface area contributed by atoms with Gasteiger partial charge in [0.05, 0.1) is 0 Å². The molecule has 0 spiro atoms. The summed E-state index contributed by atoms with van der Waals surface area (Å²) in [5.74, 6) is 3.09. The van der Waals surface area contributed by atoms with E-state index in [0.717, 1.165) is 17.8 Å². The Labute approximate surface area is 96.8 Å². The van der Waals surface area contributed by atoms with Gasteiger partial charge in [0.15, 0.2) is 0 Å². The minimum absolute atomic E-state index is 0.111. The van der Waals surface area contributed by atoms with Crippen molar-refractivity contribution >= 4 is 17.5 Å². The van der Waals surface area contributed by atoms with Crippen LogP contribution in [0.1, 0.15) is 39.0 Å². The first-order chi connectivity index (χ1) is 7.20. The van der Waals surface area contributed by atoms with Crippen molar-refractivity contribution in [3.63, 3.8) is 0 Å². The van der Waals surface area contributed by atoms with Crippen LogP contribution in [-0.2, 0) is 4.79 Å². The summed E-state index contributed by atoms with van der Waals surface area (Å²) in [6.07, 6.45) is 5.98. The molecule has 0 heterocycles. The van der Waals surface area contributed by atoms with Crippen molar-refractivity contribution in [1.82, 2.24) is 5.32 Å². The van der Waals surface area contributed by atoms with Crippen molar-refractivity contribution < 1.29 is 4.79 Å². The zero-order valence-electron chi connectivity index (χ0n) is 9.34. The van der Waals surface area contributed by atoms with Crippen molar-refractivity contribution in [1.29, 1.82) is 0 Å². The summed E-state index contributed by atoms with van der Waals surface area (Å²) in [5.41, 5.74) is 0. The Bertz CT molecular complexity index is 244. The van der Waals surface area contributed by atoms with E-state index in [2.05, 4.69) is 12.2 Å². The maximum absolute atomic E-state index is 11.4. The Morgan fingerprint density at radius 2 is 2.27 bits per heavy atom. The lowest BCUT2D eigenvalue weighted by atomic mass is 9.84. The molecule has 2 aliphatic carbocycles. The Hall–Kier alpha value is -0.240. The first-order valence-electron chi connectivity index (χ1n) is 6.06. The van der Waals surface area contributed by atoms with Crippen LogP contribution in [0.15, 0.2) is 0 Å². The molecule has 2 aliphatic rings. The van der Waals surface area contributed by atoms with Crippen molar-refractivity contribution in [3.05, 3.63) is 0 Å². The molecule has 1 N–H and O–H groups in total. The van der Waals surface area contributed by atoms with E-state index in [1.165, 1.54) is 25.7 Å². The highest BCUT2D eigenvalue weighted by Gasteiger charge is 2.41. The van der Waals surface area contributed by atoms with Crippen LogP contribution < -0.4 is 5.32 Å². The van der Waals surface area contributed by atoms with Gasteiger partial charge in [0.2, 0.25) is 5.91 Å². The molecule has 2 rings (SSSR count). The molecule has 2 fully saturated rings. The number of fused-ring (bicyclic) bond motifs is 2. The third-order valence-electron chi connectivity index (χ3n) is 4.15. The minimum Gasteiger partial charge on any atom is -0.353 e. The van der Waals surface area contributed by atoms with Gasteiger partial charge in [-0.1, -0.05) is 6.42 Å². The van der Waals surface area contributed by atoms with Crippen LogP contribution in [0.25, 0.3) is 0 Å². The number of alkyl halides is 1. The van der Waals surface area contributed by atoms with Gasteiger partial charge < -0.3 is 5.32 Å². The third kappa shape index (κ3) is 2.47. The predicted molar refractivity (Wildman–Crippen MR) is 61.9 cm³/mol.